The van der Waals surface area contributed by atoms with Gasteiger partial charge < -0.3 is 49.4 Å². The van der Waals surface area contributed by atoms with Gasteiger partial charge in [-0.2, -0.15) is 0 Å². The number of carbonyl (C=O) groups is 4. The summed E-state index contributed by atoms with van der Waals surface area (Å²) < 4.78 is 30.0. The number of nitrogens with one attached hydrogen (secondary N) is 1. The lowest BCUT2D eigenvalue weighted by atomic mass is 9.78. The van der Waals surface area contributed by atoms with Gasteiger partial charge in [0.05, 0.1) is 41.2 Å². The Kier molecular flexibility index (Phi) is 16.6. The molecule has 0 radical (unpaired) electrons. The van der Waals surface area contributed by atoms with Gasteiger partial charge in [0.2, 0.25) is 0 Å². The molecule has 0 aromatic heterocycles. The molecule has 342 valence electrons. The van der Waals surface area contributed by atoms with Crippen LogP contribution in [0.3, 0.4) is 0 Å². The lowest BCUT2D eigenvalue weighted by molar-refractivity contribution is -0.160. The maximum Gasteiger partial charge on any atom is 0.312 e. The van der Waals surface area contributed by atoms with Gasteiger partial charge in [-0.15, -0.1) is 0 Å². The Bertz CT molecular complexity index is 2080. The van der Waals surface area contributed by atoms with E-state index in [1.165, 1.54) is 59.3 Å². The van der Waals surface area contributed by atoms with Gasteiger partial charge >= 0.3 is 11.8 Å². The summed E-state index contributed by atoms with van der Waals surface area (Å²) in [7, 11) is 1.44. The largest absolute Gasteiger partial charge is 0.507 e. The molecule has 5 N–H and O–H groups in total. The Morgan fingerprint density at radius 2 is 1.60 bits per heavy atom. The molecular weight excluding hydrogens is 803 g/mol. The SMILES string of the molecule is CCCN(C(=O)COc1cc2c(O)c3c(O)c(C)c4c(c13)C(=O)[C@@](C)(O/C=C/[C@H](OC)[C@@H](C)[C@@H](OC(C)=O)[C@H](C)[C@@H](O)[C@H](C)[C@H](O)[C@H](C)/C=C/C=C(/C)C(=O)N2)O4)N(CC)CC. The number of phenols is 2. The Morgan fingerprint density at radius 1 is 0.935 bits per heavy atom. The van der Waals surface area contributed by atoms with E-state index in [4.69, 9.17) is 23.7 Å². The number of carbonyl (C=O) groups excluding carboxylic acids is 4. The summed E-state index contributed by atoms with van der Waals surface area (Å²) in [5.41, 5.74) is -0.0197. The van der Waals surface area contributed by atoms with E-state index in [1.807, 2.05) is 25.8 Å². The molecule has 3 aliphatic heterocycles. The number of aromatic hydroxyl groups is 2. The first kappa shape index (κ1) is 49.5. The monoisotopic (exact) mass is 867 g/mol. The fourth-order valence-electron chi connectivity index (χ4n) is 8.16. The minimum absolute atomic E-state index is 0.0602. The molecule has 2 aromatic rings. The maximum atomic E-state index is 14.6. The van der Waals surface area contributed by atoms with Crippen molar-refractivity contribution in [2.75, 3.05) is 38.7 Å². The number of allylic oxidation sites excluding steroid dienone is 2. The predicted octanol–water partition coefficient (Wildman–Crippen LogP) is 5.92. The smallest absolute Gasteiger partial charge is 0.312 e. The highest BCUT2D eigenvalue weighted by molar-refractivity contribution is 6.21. The zero-order chi connectivity index (χ0) is 46.4. The number of aliphatic hydroxyl groups excluding tert-OH is 2. The van der Waals surface area contributed by atoms with E-state index in [0.717, 1.165) is 0 Å². The number of ether oxygens (including phenoxy) is 5. The van der Waals surface area contributed by atoms with Crippen LogP contribution in [0.2, 0.25) is 0 Å². The van der Waals surface area contributed by atoms with Crippen molar-refractivity contribution >= 4 is 40.0 Å². The molecule has 16 heteroatoms. The molecule has 9 atom stereocenters. The van der Waals surface area contributed by atoms with E-state index in [0.29, 0.717) is 26.1 Å². The molecule has 0 fully saturated rings. The highest BCUT2D eigenvalue weighted by atomic mass is 16.7. The highest BCUT2D eigenvalue weighted by Crippen LogP contribution is 2.54. The number of hydrogen-bond acceptors (Lipinski definition) is 14. The average molecular weight is 868 g/mol. The van der Waals surface area contributed by atoms with Crippen LogP contribution in [0.1, 0.15) is 91.6 Å². The number of ketones is 1. The van der Waals surface area contributed by atoms with Crippen LogP contribution < -0.4 is 14.8 Å². The molecule has 62 heavy (non-hydrogen) atoms. The number of fused-ring (bicyclic) bond motifs is 14. The molecule has 0 unspecified atom stereocenters. The van der Waals surface area contributed by atoms with Crippen molar-refractivity contribution in [1.29, 1.82) is 0 Å². The van der Waals surface area contributed by atoms with Crippen molar-refractivity contribution in [3.63, 3.8) is 0 Å². The Balaban J connectivity index is 1.94. The predicted molar refractivity (Wildman–Crippen MR) is 233 cm³/mol. The van der Waals surface area contributed by atoms with Gasteiger partial charge in [-0.1, -0.05) is 66.7 Å². The van der Waals surface area contributed by atoms with Gasteiger partial charge in [-0.3, -0.25) is 24.2 Å². The van der Waals surface area contributed by atoms with Crippen molar-refractivity contribution in [2.45, 2.75) is 113 Å². The van der Waals surface area contributed by atoms with Crippen LogP contribution in [0, 0.1) is 30.6 Å². The summed E-state index contributed by atoms with van der Waals surface area (Å²) >= 11 is 0. The van der Waals surface area contributed by atoms with Crippen molar-refractivity contribution in [3.8, 4) is 23.0 Å². The number of hydrazine groups is 1. The second-order valence-corrected chi connectivity index (χ2v) is 16.3. The van der Waals surface area contributed by atoms with Gasteiger partial charge in [-0.25, -0.2) is 5.01 Å². The summed E-state index contributed by atoms with van der Waals surface area (Å²) in [4.78, 5) is 54.4. The normalized spacial score (nSPS) is 29.0. The molecule has 2 aromatic carbocycles. The number of phenolic OH excluding ortho intramolecular Hbond substituents is 2. The molecule has 0 aliphatic carbocycles. The number of aliphatic hydroxyl groups is 2. The lowest BCUT2D eigenvalue weighted by Gasteiger charge is -2.38. The number of hydrogen-bond donors (Lipinski definition) is 5. The maximum absolute atomic E-state index is 14.6. The zero-order valence-corrected chi connectivity index (χ0v) is 38.0. The first-order valence-electron chi connectivity index (χ1n) is 21.2. The number of nitrogens with zero attached hydrogens (tertiary/aromatic N) is 2. The highest BCUT2D eigenvalue weighted by Gasteiger charge is 2.50. The van der Waals surface area contributed by atoms with Gasteiger partial charge in [0, 0.05) is 86.9 Å². The number of anilines is 1. The minimum Gasteiger partial charge on any atom is -0.507 e. The number of Topliss-reactive ketones (excluding diaryl/α,β-unsaturated/α-hetero) is 1. The van der Waals surface area contributed by atoms with Crippen molar-refractivity contribution < 1.29 is 63.3 Å². The average Bonchev–Trinajstić information content (AvgIpc) is 3.50. The second kappa shape index (κ2) is 20.8. The molecule has 2 amide bonds. The van der Waals surface area contributed by atoms with Crippen LogP contribution >= 0.6 is 0 Å². The molecule has 0 spiro atoms. The number of amides is 2. The van der Waals surface area contributed by atoms with Crippen molar-refractivity contribution in [2.24, 2.45) is 23.7 Å². The van der Waals surface area contributed by atoms with E-state index in [-0.39, 0.29) is 44.7 Å². The Labute approximate surface area is 364 Å². The fourth-order valence-corrected chi connectivity index (χ4v) is 8.16. The molecule has 0 saturated carbocycles. The number of esters is 1. The van der Waals surface area contributed by atoms with Crippen LogP contribution in [0.4, 0.5) is 5.69 Å². The van der Waals surface area contributed by atoms with Gasteiger partial charge in [0.25, 0.3) is 17.6 Å². The standard InChI is InChI=1S/C46H65N3O13/c1-13-20-49(48(14-2)15-3)34(51)23-59-33-22-31-41(55)36-35(33)37-43(29(9)40(36)54)62-46(11,44(37)56)60-21-19-32(58-12)26(6)42(61-30(10)50)28(8)39(53)27(7)38(52)24(4)17-16-18-25(5)45(57)47-31/h16-19,21-22,24,26-28,32,38-39,42,52-55H,13-15,20,23H2,1-12H3,(H,47,57)/b17-16+,21-19+,25-18-/t24-,26-,27-,28-,32+,38-,39+,42-,46+/m1/s1. The third kappa shape index (κ3) is 10.2. The number of methoxy groups -OCH3 is 1. The molecule has 5 bridgehead atoms. The molecule has 5 rings (SSSR count). The summed E-state index contributed by atoms with van der Waals surface area (Å²) in [6, 6.07) is 1.28. The lowest BCUT2D eigenvalue weighted by Crippen LogP contribution is -2.48. The molecular formula is C46H65N3O13. The summed E-state index contributed by atoms with van der Waals surface area (Å²) in [6.07, 6.45) is 4.27. The first-order chi connectivity index (χ1) is 29.2. The Hall–Kier alpha value is -5.16. The van der Waals surface area contributed by atoms with Crippen molar-refractivity contribution in [3.05, 3.63) is 53.3 Å². The second-order valence-electron chi connectivity index (χ2n) is 16.3. The van der Waals surface area contributed by atoms with Crippen LogP contribution in [0.5, 0.6) is 23.0 Å². The molecule has 0 saturated heterocycles. The van der Waals surface area contributed by atoms with E-state index in [1.54, 1.807) is 44.9 Å². The number of rotatable bonds is 10. The molecule has 3 aliphatic rings. The van der Waals surface area contributed by atoms with E-state index in [9.17, 15) is 39.6 Å². The quantitative estimate of drug-likeness (QED) is 0.107. The minimum atomic E-state index is -2.04. The van der Waals surface area contributed by atoms with Crippen molar-refractivity contribution in [1.82, 2.24) is 10.0 Å². The number of benzene rings is 2. The van der Waals surface area contributed by atoms with Crippen LogP contribution in [-0.2, 0) is 28.6 Å². The van der Waals surface area contributed by atoms with Gasteiger partial charge in [-0.05, 0) is 26.3 Å². The summed E-state index contributed by atoms with van der Waals surface area (Å²) in [6.45, 7) is 19.4. The zero-order valence-electron chi connectivity index (χ0n) is 38.0. The first-order valence-corrected chi connectivity index (χ1v) is 21.2. The van der Waals surface area contributed by atoms with Gasteiger partial charge in [0.1, 0.15) is 23.4 Å². The van der Waals surface area contributed by atoms with Crippen LogP contribution in [0.15, 0.2) is 42.2 Å². The molecule has 3 heterocycles. The third-order valence-electron chi connectivity index (χ3n) is 12.0. The van der Waals surface area contributed by atoms with Crippen LogP contribution in [-0.4, -0.2) is 118 Å². The van der Waals surface area contributed by atoms with E-state index >= 15 is 0 Å². The summed E-state index contributed by atoms with van der Waals surface area (Å²) in [5, 5.41) is 52.2. The van der Waals surface area contributed by atoms with Crippen LogP contribution in [0.25, 0.3) is 10.8 Å². The third-order valence-corrected chi connectivity index (χ3v) is 12.0. The topological polar surface area (TPSA) is 214 Å². The van der Waals surface area contributed by atoms with E-state index < -0.39 is 95.5 Å². The molecule has 16 nitrogen and oxygen atoms in total. The Morgan fingerprint density at radius 3 is 2.19 bits per heavy atom. The fraction of sp³-hybridized carbons (Fsp3) is 0.565. The van der Waals surface area contributed by atoms with Gasteiger partial charge in [0.15, 0.2) is 12.4 Å². The van der Waals surface area contributed by atoms with E-state index in [2.05, 4.69) is 5.32 Å². The summed E-state index contributed by atoms with van der Waals surface area (Å²) in [5.74, 6) is -8.09.